The van der Waals surface area contributed by atoms with Crippen molar-refractivity contribution in [3.8, 4) is 27.7 Å². The molecule has 0 atom stereocenters. The molecule has 0 bridgehead atoms. The molecule has 7 heteroatoms. The van der Waals surface area contributed by atoms with Crippen molar-refractivity contribution in [1.82, 2.24) is 14.4 Å². The van der Waals surface area contributed by atoms with Gasteiger partial charge in [0, 0.05) is 24.1 Å². The molecule has 4 aromatic rings. The maximum absolute atomic E-state index is 12.3. The van der Waals surface area contributed by atoms with Gasteiger partial charge in [0.15, 0.2) is 10.7 Å². The van der Waals surface area contributed by atoms with Crippen LogP contribution in [0.5, 0.6) is 5.75 Å². The topological polar surface area (TPSA) is 56.5 Å². The minimum Gasteiger partial charge on any atom is -0.493 e. The maximum Gasteiger partial charge on any atom is 0.194 e. The first-order chi connectivity index (χ1) is 12.6. The zero-order valence-corrected chi connectivity index (χ0v) is 16.3. The Balaban J connectivity index is 1.94. The second-order valence-electron chi connectivity index (χ2n) is 5.78. The summed E-state index contributed by atoms with van der Waals surface area (Å²) in [5.74, 6) is 0.735. The number of imidazole rings is 1. The summed E-state index contributed by atoms with van der Waals surface area (Å²) in [5, 5.41) is 2.79. The van der Waals surface area contributed by atoms with Crippen LogP contribution in [0.25, 0.3) is 26.9 Å². The molecule has 0 fully saturated rings. The van der Waals surface area contributed by atoms with Gasteiger partial charge in [0.2, 0.25) is 0 Å². The number of para-hydroxylation sites is 1. The normalized spacial score (nSPS) is 11.2. The van der Waals surface area contributed by atoms with Gasteiger partial charge in [0.05, 0.1) is 22.9 Å². The number of carbonyl (C=O) groups excluding carboxylic acids is 1. The highest BCUT2D eigenvalue weighted by molar-refractivity contribution is 7.17. The fourth-order valence-electron chi connectivity index (χ4n) is 2.94. The Hall–Kier alpha value is -2.51. The Morgan fingerprint density at radius 3 is 2.85 bits per heavy atom. The molecule has 0 saturated heterocycles. The van der Waals surface area contributed by atoms with E-state index in [0.29, 0.717) is 17.2 Å². The summed E-state index contributed by atoms with van der Waals surface area (Å²) in [5.41, 5.74) is 3.36. The number of benzene rings is 1. The third-order valence-electron chi connectivity index (χ3n) is 4.03. The van der Waals surface area contributed by atoms with E-state index in [4.69, 9.17) is 9.72 Å². The molecule has 0 aliphatic carbocycles. The number of thiazole rings is 2. The minimum absolute atomic E-state index is 0.00113. The van der Waals surface area contributed by atoms with Crippen LogP contribution in [0.3, 0.4) is 0 Å². The van der Waals surface area contributed by atoms with Crippen molar-refractivity contribution >= 4 is 33.4 Å². The van der Waals surface area contributed by atoms with Crippen LogP contribution in [-0.2, 0) is 0 Å². The molecule has 0 aliphatic rings. The summed E-state index contributed by atoms with van der Waals surface area (Å²) < 4.78 is 7.77. The Bertz CT molecular complexity index is 1110. The van der Waals surface area contributed by atoms with Crippen LogP contribution in [0.4, 0.5) is 0 Å². The molecular formula is C19H17N3O2S2. The van der Waals surface area contributed by atoms with Gasteiger partial charge in [-0.2, -0.15) is 0 Å². The summed E-state index contributed by atoms with van der Waals surface area (Å²) in [6.07, 6.45) is 1.98. The molecule has 0 spiro atoms. The summed E-state index contributed by atoms with van der Waals surface area (Å²) in [7, 11) is 0. The van der Waals surface area contributed by atoms with Crippen LogP contribution in [0.1, 0.15) is 29.2 Å². The number of hydrogen-bond donors (Lipinski definition) is 0. The van der Waals surface area contributed by atoms with Crippen molar-refractivity contribution in [2.75, 3.05) is 6.61 Å². The van der Waals surface area contributed by atoms with Gasteiger partial charge >= 0.3 is 0 Å². The molecule has 5 nitrogen and oxygen atoms in total. The summed E-state index contributed by atoms with van der Waals surface area (Å²) in [6.45, 7) is 6.05. The minimum atomic E-state index is -0.00113. The van der Waals surface area contributed by atoms with E-state index in [0.717, 1.165) is 32.7 Å². The molecule has 132 valence electrons. The molecule has 0 N–H and O–H groups in total. The second-order valence-corrected chi connectivity index (χ2v) is 7.66. The van der Waals surface area contributed by atoms with Gasteiger partial charge in [-0.1, -0.05) is 12.1 Å². The summed E-state index contributed by atoms with van der Waals surface area (Å²) >= 11 is 2.99. The van der Waals surface area contributed by atoms with E-state index in [9.17, 15) is 4.79 Å². The van der Waals surface area contributed by atoms with Gasteiger partial charge in [0.25, 0.3) is 0 Å². The predicted octanol–water partition coefficient (Wildman–Crippen LogP) is 5.10. The van der Waals surface area contributed by atoms with Gasteiger partial charge in [-0.05, 0) is 26.0 Å². The van der Waals surface area contributed by atoms with Crippen LogP contribution < -0.4 is 4.74 Å². The molecule has 0 saturated carbocycles. The van der Waals surface area contributed by atoms with Crippen molar-refractivity contribution < 1.29 is 9.53 Å². The van der Waals surface area contributed by atoms with Gasteiger partial charge in [0.1, 0.15) is 16.5 Å². The number of Topliss-reactive ketones (excluding diaryl/α,β-unsaturated/α-hetero) is 1. The number of nitrogens with zero attached hydrogens (tertiary/aromatic N) is 3. The van der Waals surface area contributed by atoms with E-state index in [1.54, 1.807) is 18.3 Å². The van der Waals surface area contributed by atoms with E-state index < -0.39 is 0 Å². The molecule has 4 rings (SSSR count). The molecule has 1 aromatic carbocycles. The number of aryl methyl sites for hydroxylation is 1. The molecule has 3 aromatic heterocycles. The van der Waals surface area contributed by atoms with Crippen molar-refractivity contribution in [2.45, 2.75) is 20.8 Å². The third kappa shape index (κ3) is 2.73. The number of ketones is 1. The number of rotatable bonds is 5. The number of fused-ring (bicyclic) bond motifs is 1. The molecule has 0 unspecified atom stereocenters. The third-order valence-corrected chi connectivity index (χ3v) is 5.95. The van der Waals surface area contributed by atoms with E-state index in [-0.39, 0.29) is 5.78 Å². The molecule has 26 heavy (non-hydrogen) atoms. The summed E-state index contributed by atoms with van der Waals surface area (Å²) in [4.78, 5) is 23.3. The van der Waals surface area contributed by atoms with Gasteiger partial charge < -0.3 is 4.74 Å². The van der Waals surface area contributed by atoms with Crippen molar-refractivity contribution in [1.29, 1.82) is 0 Å². The van der Waals surface area contributed by atoms with E-state index in [1.165, 1.54) is 11.3 Å². The molecular weight excluding hydrogens is 366 g/mol. The van der Waals surface area contributed by atoms with Gasteiger partial charge in [-0.3, -0.25) is 9.20 Å². The fourth-order valence-corrected chi connectivity index (χ4v) is 4.77. The fraction of sp³-hybridized carbons (Fsp3) is 0.211. The van der Waals surface area contributed by atoms with Crippen LogP contribution in [0, 0.1) is 6.92 Å². The van der Waals surface area contributed by atoms with Crippen molar-refractivity contribution in [3.63, 3.8) is 0 Å². The van der Waals surface area contributed by atoms with Crippen molar-refractivity contribution in [2.24, 2.45) is 0 Å². The quantitative estimate of drug-likeness (QED) is 0.450. The highest BCUT2D eigenvalue weighted by Crippen LogP contribution is 2.39. The van der Waals surface area contributed by atoms with Crippen molar-refractivity contribution in [3.05, 3.63) is 46.4 Å². The second kappa shape index (κ2) is 6.66. The standard InChI is InChI=1S/C19H17N3O2S2/c1-4-24-14-8-6-5-7-13(14)15-17(12(3)23)26-18(21-15)16-11(2)20-19-22(16)9-10-25-19/h5-10H,4H2,1-3H3. The molecule has 0 aliphatic heterocycles. The number of aromatic nitrogens is 3. The van der Waals surface area contributed by atoms with E-state index in [1.807, 2.05) is 54.1 Å². The van der Waals surface area contributed by atoms with Gasteiger partial charge in [-0.25, -0.2) is 9.97 Å². The number of hydrogen-bond acceptors (Lipinski definition) is 6. The highest BCUT2D eigenvalue weighted by atomic mass is 32.1. The zero-order valence-electron chi connectivity index (χ0n) is 14.6. The van der Waals surface area contributed by atoms with E-state index in [2.05, 4.69) is 4.98 Å². The smallest absolute Gasteiger partial charge is 0.194 e. The first kappa shape index (κ1) is 16.9. The lowest BCUT2D eigenvalue weighted by molar-refractivity contribution is 0.102. The van der Waals surface area contributed by atoms with E-state index >= 15 is 0 Å². The monoisotopic (exact) mass is 383 g/mol. The number of ether oxygens (including phenoxy) is 1. The Morgan fingerprint density at radius 2 is 2.08 bits per heavy atom. The average Bonchev–Trinajstić information content (AvgIpc) is 3.29. The Morgan fingerprint density at radius 1 is 1.27 bits per heavy atom. The first-order valence-electron chi connectivity index (χ1n) is 8.26. The Kier molecular flexibility index (Phi) is 4.34. The maximum atomic E-state index is 12.3. The summed E-state index contributed by atoms with van der Waals surface area (Å²) in [6, 6.07) is 7.70. The van der Waals surface area contributed by atoms with Crippen LogP contribution in [0.15, 0.2) is 35.8 Å². The zero-order chi connectivity index (χ0) is 18.3. The van der Waals surface area contributed by atoms with Gasteiger partial charge in [-0.15, -0.1) is 22.7 Å². The van der Waals surface area contributed by atoms with Crippen LogP contribution >= 0.6 is 22.7 Å². The first-order valence-corrected chi connectivity index (χ1v) is 9.96. The molecule has 0 amide bonds. The largest absolute Gasteiger partial charge is 0.493 e. The molecule has 0 radical (unpaired) electrons. The molecule has 3 heterocycles. The number of carbonyl (C=O) groups is 1. The highest BCUT2D eigenvalue weighted by Gasteiger charge is 2.23. The van der Waals surface area contributed by atoms with Crippen LogP contribution in [0.2, 0.25) is 0 Å². The predicted molar refractivity (Wildman–Crippen MR) is 106 cm³/mol. The SMILES string of the molecule is CCOc1ccccc1-c1nc(-c2c(C)nc3sccn23)sc1C(C)=O. The lowest BCUT2D eigenvalue weighted by atomic mass is 10.1. The lowest BCUT2D eigenvalue weighted by Crippen LogP contribution is -1.97. The lowest BCUT2D eigenvalue weighted by Gasteiger charge is -2.08. The average molecular weight is 383 g/mol. The Labute approximate surface area is 158 Å². The van der Waals surface area contributed by atoms with Crippen LogP contribution in [-0.4, -0.2) is 26.8 Å².